The van der Waals surface area contributed by atoms with Gasteiger partial charge in [-0.05, 0) is 6.42 Å². The maximum Gasteiger partial charge on any atom is 0.306 e. The number of rotatable bonds is 7. The van der Waals surface area contributed by atoms with Crippen LogP contribution in [0.15, 0.2) is 0 Å². The highest BCUT2D eigenvalue weighted by molar-refractivity contribution is 5.74. The summed E-state index contributed by atoms with van der Waals surface area (Å²) < 4.78 is 8.77. The third-order valence-corrected chi connectivity index (χ3v) is 2.17. The molecule has 0 unspecified atom stereocenters. The van der Waals surface area contributed by atoms with Gasteiger partial charge in [0.15, 0.2) is 0 Å². The summed E-state index contributed by atoms with van der Waals surface area (Å²) in [5, 5.41) is 9.55. The molecule has 6 nitrogen and oxygen atoms in total. The number of ether oxygens (including phenoxy) is 2. The van der Waals surface area contributed by atoms with Crippen LogP contribution in [0.25, 0.3) is 0 Å². The Morgan fingerprint density at radius 3 is 2.25 bits per heavy atom. The van der Waals surface area contributed by atoms with Crippen molar-refractivity contribution in [3.8, 4) is 0 Å². The molecule has 0 aliphatic heterocycles. The minimum absolute atomic E-state index is 0.00315. The van der Waals surface area contributed by atoms with Gasteiger partial charge in [-0.15, -0.1) is 0 Å². The van der Waals surface area contributed by atoms with E-state index < -0.39 is 24.0 Å². The SMILES string of the molecule is COC(=O)CC[C@@H](O)[C@@H](C=O)CC(=O)OC. The summed E-state index contributed by atoms with van der Waals surface area (Å²) in [6, 6.07) is 0. The molecule has 0 aliphatic rings. The number of aliphatic hydroxyl groups is 1. The highest BCUT2D eigenvalue weighted by Gasteiger charge is 2.22. The molecule has 0 rings (SSSR count). The minimum Gasteiger partial charge on any atom is -0.469 e. The third-order valence-electron chi connectivity index (χ3n) is 2.17. The molecular formula is C10H16O6. The summed E-state index contributed by atoms with van der Waals surface area (Å²) in [6.45, 7) is 0. The van der Waals surface area contributed by atoms with Gasteiger partial charge in [-0.3, -0.25) is 9.59 Å². The van der Waals surface area contributed by atoms with Crippen molar-refractivity contribution in [2.24, 2.45) is 5.92 Å². The van der Waals surface area contributed by atoms with Gasteiger partial charge in [-0.25, -0.2) is 0 Å². The Labute approximate surface area is 93.5 Å². The average Bonchev–Trinajstić information content (AvgIpc) is 2.31. The fourth-order valence-corrected chi connectivity index (χ4v) is 1.13. The van der Waals surface area contributed by atoms with Gasteiger partial charge in [-0.1, -0.05) is 0 Å². The molecule has 0 saturated heterocycles. The van der Waals surface area contributed by atoms with E-state index in [0.717, 1.165) is 0 Å². The molecule has 16 heavy (non-hydrogen) atoms. The Bertz CT molecular complexity index is 250. The predicted molar refractivity (Wildman–Crippen MR) is 53.4 cm³/mol. The molecule has 1 N–H and O–H groups in total. The molecule has 92 valence electrons. The number of hydrogen-bond acceptors (Lipinski definition) is 6. The topological polar surface area (TPSA) is 89.9 Å². The molecule has 0 spiro atoms. The van der Waals surface area contributed by atoms with Gasteiger partial charge in [-0.2, -0.15) is 0 Å². The van der Waals surface area contributed by atoms with Crippen LogP contribution in [0.4, 0.5) is 0 Å². The summed E-state index contributed by atoms with van der Waals surface area (Å²) in [5.41, 5.74) is 0. The molecule has 2 atom stereocenters. The van der Waals surface area contributed by atoms with Crippen molar-refractivity contribution < 1.29 is 29.0 Å². The Morgan fingerprint density at radius 1 is 1.25 bits per heavy atom. The number of aliphatic hydroxyl groups excluding tert-OH is 1. The molecule has 0 aliphatic carbocycles. The van der Waals surface area contributed by atoms with Crippen molar-refractivity contribution in [1.82, 2.24) is 0 Å². The van der Waals surface area contributed by atoms with Gasteiger partial charge in [0.25, 0.3) is 0 Å². The molecule has 0 aromatic carbocycles. The zero-order valence-electron chi connectivity index (χ0n) is 9.34. The first kappa shape index (κ1) is 14.6. The molecule has 0 aromatic rings. The lowest BCUT2D eigenvalue weighted by Gasteiger charge is -2.15. The van der Waals surface area contributed by atoms with Crippen molar-refractivity contribution in [3.63, 3.8) is 0 Å². The van der Waals surface area contributed by atoms with Crippen LogP contribution in [0, 0.1) is 5.92 Å². The molecule has 0 radical (unpaired) electrons. The van der Waals surface area contributed by atoms with E-state index >= 15 is 0 Å². The highest BCUT2D eigenvalue weighted by atomic mass is 16.5. The van der Waals surface area contributed by atoms with Gasteiger partial charge in [0.05, 0.1) is 32.7 Å². The average molecular weight is 232 g/mol. The van der Waals surface area contributed by atoms with Crippen LogP contribution in [-0.4, -0.2) is 43.7 Å². The molecule has 0 fully saturated rings. The van der Waals surface area contributed by atoms with E-state index in [4.69, 9.17) is 0 Å². The van der Waals surface area contributed by atoms with Crippen molar-refractivity contribution in [1.29, 1.82) is 0 Å². The number of carbonyl (C=O) groups excluding carboxylic acids is 3. The van der Waals surface area contributed by atoms with Crippen molar-refractivity contribution in [2.45, 2.75) is 25.4 Å². The number of methoxy groups -OCH3 is 2. The Balaban J connectivity index is 4.10. The number of esters is 2. The van der Waals surface area contributed by atoms with Crippen LogP contribution in [-0.2, 0) is 23.9 Å². The maximum absolute atomic E-state index is 10.9. The third kappa shape index (κ3) is 5.45. The van der Waals surface area contributed by atoms with Gasteiger partial charge in [0.1, 0.15) is 6.29 Å². The van der Waals surface area contributed by atoms with E-state index in [9.17, 15) is 19.5 Å². The quantitative estimate of drug-likeness (QED) is 0.478. The monoisotopic (exact) mass is 232 g/mol. The number of aldehydes is 1. The Hall–Kier alpha value is -1.43. The Kier molecular flexibility index (Phi) is 7.11. The summed E-state index contributed by atoms with van der Waals surface area (Å²) >= 11 is 0. The van der Waals surface area contributed by atoms with Crippen LogP contribution in [0.1, 0.15) is 19.3 Å². The minimum atomic E-state index is -1.05. The van der Waals surface area contributed by atoms with E-state index in [1.807, 2.05) is 0 Å². The summed E-state index contributed by atoms with van der Waals surface area (Å²) in [6.07, 6.45) is -0.673. The number of carbonyl (C=O) groups is 3. The largest absolute Gasteiger partial charge is 0.469 e. The number of hydrogen-bond donors (Lipinski definition) is 1. The summed E-state index contributed by atoms with van der Waals surface area (Å²) in [7, 11) is 2.44. The van der Waals surface area contributed by atoms with Crippen LogP contribution < -0.4 is 0 Å². The zero-order valence-corrected chi connectivity index (χ0v) is 9.34. The second-order valence-corrected chi connectivity index (χ2v) is 3.26. The predicted octanol–water partition coefficient (Wildman–Crippen LogP) is -0.321. The van der Waals surface area contributed by atoms with E-state index in [1.54, 1.807) is 0 Å². The van der Waals surface area contributed by atoms with Crippen molar-refractivity contribution in [2.75, 3.05) is 14.2 Å². The first-order chi connectivity index (χ1) is 7.54. The fourth-order valence-electron chi connectivity index (χ4n) is 1.13. The summed E-state index contributed by atoms with van der Waals surface area (Å²) in [4.78, 5) is 32.3. The lowest BCUT2D eigenvalue weighted by molar-refractivity contribution is -0.144. The standard InChI is InChI=1S/C10H16O6/c1-15-9(13)4-3-8(12)7(6-11)5-10(14)16-2/h6-8,12H,3-5H2,1-2H3/t7-,8-/m1/s1. The van der Waals surface area contributed by atoms with E-state index in [-0.39, 0.29) is 19.3 Å². The smallest absolute Gasteiger partial charge is 0.306 e. The normalized spacial score (nSPS) is 13.7. The maximum atomic E-state index is 10.9. The second kappa shape index (κ2) is 7.81. The van der Waals surface area contributed by atoms with E-state index in [0.29, 0.717) is 6.29 Å². The van der Waals surface area contributed by atoms with Crippen molar-refractivity contribution >= 4 is 18.2 Å². The van der Waals surface area contributed by atoms with Gasteiger partial charge < -0.3 is 19.4 Å². The van der Waals surface area contributed by atoms with Gasteiger partial charge in [0.2, 0.25) is 0 Å². The highest BCUT2D eigenvalue weighted by Crippen LogP contribution is 2.12. The second-order valence-electron chi connectivity index (χ2n) is 3.26. The van der Waals surface area contributed by atoms with Crippen LogP contribution in [0.5, 0.6) is 0 Å². The van der Waals surface area contributed by atoms with Crippen LogP contribution in [0.2, 0.25) is 0 Å². The molecule has 0 heterocycles. The summed E-state index contributed by atoms with van der Waals surface area (Å²) in [5.74, 6) is -1.90. The first-order valence-electron chi connectivity index (χ1n) is 4.82. The molecule has 0 aromatic heterocycles. The van der Waals surface area contributed by atoms with Crippen molar-refractivity contribution in [3.05, 3.63) is 0 Å². The van der Waals surface area contributed by atoms with Gasteiger partial charge >= 0.3 is 11.9 Å². The van der Waals surface area contributed by atoms with E-state index in [2.05, 4.69) is 9.47 Å². The van der Waals surface area contributed by atoms with Crippen LogP contribution in [0.3, 0.4) is 0 Å². The molecule has 0 saturated carbocycles. The van der Waals surface area contributed by atoms with E-state index in [1.165, 1.54) is 14.2 Å². The van der Waals surface area contributed by atoms with Crippen LogP contribution >= 0.6 is 0 Å². The zero-order chi connectivity index (χ0) is 12.6. The first-order valence-corrected chi connectivity index (χ1v) is 4.82. The molecule has 0 bridgehead atoms. The van der Waals surface area contributed by atoms with Gasteiger partial charge in [0, 0.05) is 6.42 Å². The molecular weight excluding hydrogens is 216 g/mol. The lowest BCUT2D eigenvalue weighted by Crippen LogP contribution is -2.26. The molecule has 0 amide bonds. The Morgan fingerprint density at radius 2 is 1.81 bits per heavy atom. The fraction of sp³-hybridized carbons (Fsp3) is 0.700. The lowest BCUT2D eigenvalue weighted by atomic mass is 9.96. The molecule has 6 heteroatoms.